The second-order valence-corrected chi connectivity index (χ2v) is 2.87. The van der Waals surface area contributed by atoms with Crippen LogP contribution < -0.4 is 5.56 Å². The van der Waals surface area contributed by atoms with Crippen LogP contribution in [0.3, 0.4) is 0 Å². The number of halogens is 1. The molecular formula is C8H7ClN4O. The Morgan fingerprint density at radius 1 is 1.21 bits per heavy atom. The topological polar surface area (TPSA) is 77.3 Å². The van der Waals surface area contributed by atoms with E-state index in [2.05, 4.69) is 20.2 Å². The van der Waals surface area contributed by atoms with E-state index in [1.807, 2.05) is 6.07 Å². The van der Waals surface area contributed by atoms with Gasteiger partial charge in [-0.15, -0.1) is 12.4 Å². The second kappa shape index (κ2) is 2.88. The molecule has 0 aliphatic carbocycles. The maximum absolute atomic E-state index is 11.2. The van der Waals surface area contributed by atoms with Gasteiger partial charge in [0.15, 0.2) is 0 Å². The van der Waals surface area contributed by atoms with Crippen molar-refractivity contribution in [3.8, 4) is 0 Å². The number of aromatic amines is 3. The number of nitrogens with zero attached hydrogens (tertiary/aromatic N) is 1. The van der Waals surface area contributed by atoms with Gasteiger partial charge in [-0.25, -0.2) is 4.98 Å². The molecule has 0 spiro atoms. The molecule has 0 aliphatic heterocycles. The molecule has 14 heavy (non-hydrogen) atoms. The fourth-order valence-corrected chi connectivity index (χ4v) is 1.50. The summed E-state index contributed by atoms with van der Waals surface area (Å²) in [5.74, 6) is 0. The average Bonchev–Trinajstić information content (AvgIpc) is 2.70. The molecule has 0 aromatic carbocycles. The Hall–Kier alpha value is -1.75. The lowest BCUT2D eigenvalue weighted by atomic mass is 10.2. The predicted molar refractivity (Wildman–Crippen MR) is 55.8 cm³/mol. The zero-order valence-electron chi connectivity index (χ0n) is 7.00. The lowest BCUT2D eigenvalue weighted by Crippen LogP contribution is -1.97. The third-order valence-corrected chi connectivity index (χ3v) is 2.13. The monoisotopic (exact) mass is 210 g/mol. The first-order valence-corrected chi connectivity index (χ1v) is 3.89. The molecule has 0 fully saturated rings. The van der Waals surface area contributed by atoms with Crippen molar-refractivity contribution in [2.75, 3.05) is 0 Å². The van der Waals surface area contributed by atoms with E-state index < -0.39 is 0 Å². The third-order valence-electron chi connectivity index (χ3n) is 2.13. The van der Waals surface area contributed by atoms with Crippen molar-refractivity contribution < 1.29 is 0 Å². The summed E-state index contributed by atoms with van der Waals surface area (Å²) in [5.41, 5.74) is 1.45. The Labute approximate surface area is 83.9 Å². The lowest BCUT2D eigenvalue weighted by molar-refractivity contribution is 1.08. The summed E-state index contributed by atoms with van der Waals surface area (Å²) in [4.78, 5) is 18.3. The first kappa shape index (κ1) is 8.83. The highest BCUT2D eigenvalue weighted by molar-refractivity contribution is 6.01. The van der Waals surface area contributed by atoms with Crippen LogP contribution in [-0.4, -0.2) is 20.2 Å². The normalized spacial score (nSPS) is 10.6. The molecule has 5 nitrogen and oxygen atoms in total. The van der Waals surface area contributed by atoms with Crippen molar-refractivity contribution in [1.82, 2.24) is 20.2 Å². The number of hydrogen-bond donors (Lipinski definition) is 3. The summed E-state index contributed by atoms with van der Waals surface area (Å²) in [6.07, 6.45) is 3.35. The summed E-state index contributed by atoms with van der Waals surface area (Å²) in [7, 11) is 0. The van der Waals surface area contributed by atoms with Crippen molar-refractivity contribution in [2.24, 2.45) is 0 Å². The van der Waals surface area contributed by atoms with E-state index in [0.717, 1.165) is 16.6 Å². The maximum Gasteiger partial charge on any atom is 0.273 e. The van der Waals surface area contributed by atoms with Gasteiger partial charge in [-0.2, -0.15) is 0 Å². The maximum atomic E-state index is 11.2. The second-order valence-electron chi connectivity index (χ2n) is 2.87. The summed E-state index contributed by atoms with van der Waals surface area (Å²) in [6.45, 7) is 0. The van der Waals surface area contributed by atoms with E-state index >= 15 is 0 Å². The predicted octanol–water partition coefficient (Wildman–Crippen LogP) is 1.15. The van der Waals surface area contributed by atoms with Crippen LogP contribution in [0.1, 0.15) is 0 Å². The van der Waals surface area contributed by atoms with Gasteiger partial charge in [-0.1, -0.05) is 0 Å². The van der Waals surface area contributed by atoms with Crippen LogP contribution in [0, 0.1) is 0 Å². The van der Waals surface area contributed by atoms with Gasteiger partial charge in [-0.05, 0) is 6.07 Å². The largest absolute Gasteiger partial charge is 0.346 e. The minimum atomic E-state index is -0.134. The van der Waals surface area contributed by atoms with Gasteiger partial charge in [-0.3, -0.25) is 15.0 Å². The number of fused-ring (bicyclic) bond motifs is 3. The molecule has 3 N–H and O–H groups in total. The van der Waals surface area contributed by atoms with E-state index in [1.165, 1.54) is 0 Å². The van der Waals surface area contributed by atoms with Crippen LogP contribution in [0.5, 0.6) is 0 Å². The Kier molecular flexibility index (Phi) is 1.82. The van der Waals surface area contributed by atoms with Crippen molar-refractivity contribution in [3.63, 3.8) is 0 Å². The first-order chi connectivity index (χ1) is 6.36. The van der Waals surface area contributed by atoms with E-state index in [0.29, 0.717) is 5.39 Å². The molecule has 0 amide bonds. The third kappa shape index (κ3) is 0.958. The van der Waals surface area contributed by atoms with Gasteiger partial charge in [0.25, 0.3) is 5.56 Å². The van der Waals surface area contributed by atoms with Gasteiger partial charge in [0.2, 0.25) is 0 Å². The molecule has 0 radical (unpaired) electrons. The summed E-state index contributed by atoms with van der Waals surface area (Å²) in [5, 5.41) is 6.86. The van der Waals surface area contributed by atoms with Crippen molar-refractivity contribution in [1.29, 1.82) is 0 Å². The summed E-state index contributed by atoms with van der Waals surface area (Å²) < 4.78 is 0. The highest BCUT2D eigenvalue weighted by Crippen LogP contribution is 2.17. The molecule has 0 atom stereocenters. The van der Waals surface area contributed by atoms with E-state index in [4.69, 9.17) is 0 Å². The number of nitrogens with one attached hydrogen (secondary N) is 3. The summed E-state index contributed by atoms with van der Waals surface area (Å²) in [6, 6.07) is 1.88. The Bertz CT molecular complexity index is 635. The smallest absolute Gasteiger partial charge is 0.273 e. The van der Waals surface area contributed by atoms with Gasteiger partial charge < -0.3 is 4.98 Å². The fraction of sp³-hybridized carbons (Fsp3) is 0. The van der Waals surface area contributed by atoms with Crippen molar-refractivity contribution in [2.45, 2.75) is 0 Å². The number of H-pyrrole nitrogens is 3. The first-order valence-electron chi connectivity index (χ1n) is 3.89. The zero-order chi connectivity index (χ0) is 8.84. The molecule has 72 valence electrons. The van der Waals surface area contributed by atoms with Crippen LogP contribution in [-0.2, 0) is 0 Å². The summed E-state index contributed by atoms with van der Waals surface area (Å²) >= 11 is 0. The Morgan fingerprint density at radius 3 is 2.93 bits per heavy atom. The molecule has 6 heteroatoms. The minimum Gasteiger partial charge on any atom is -0.346 e. The number of pyridine rings is 1. The number of rotatable bonds is 0. The van der Waals surface area contributed by atoms with Crippen LogP contribution >= 0.6 is 12.4 Å². The molecule has 3 aromatic rings. The van der Waals surface area contributed by atoms with E-state index in [1.54, 1.807) is 12.4 Å². The Morgan fingerprint density at radius 2 is 2.07 bits per heavy atom. The highest BCUT2D eigenvalue weighted by atomic mass is 35.5. The lowest BCUT2D eigenvalue weighted by Gasteiger charge is -1.88. The molecular weight excluding hydrogens is 204 g/mol. The quantitative estimate of drug-likeness (QED) is 0.521. The Balaban J connectivity index is 0.000000750. The van der Waals surface area contributed by atoms with Gasteiger partial charge in [0, 0.05) is 17.8 Å². The molecule has 3 aromatic heterocycles. The van der Waals surface area contributed by atoms with E-state index in [-0.39, 0.29) is 18.0 Å². The molecule has 0 saturated heterocycles. The van der Waals surface area contributed by atoms with Gasteiger partial charge in [0.1, 0.15) is 5.65 Å². The molecule has 3 rings (SSSR count). The van der Waals surface area contributed by atoms with Gasteiger partial charge >= 0.3 is 0 Å². The average molecular weight is 211 g/mol. The van der Waals surface area contributed by atoms with Crippen LogP contribution in [0.15, 0.2) is 23.3 Å². The SMILES string of the molecule is Cl.O=c1[nH][nH]c2c1cnc1[nH]ccc12. The van der Waals surface area contributed by atoms with E-state index in [9.17, 15) is 4.79 Å². The zero-order valence-corrected chi connectivity index (χ0v) is 7.81. The van der Waals surface area contributed by atoms with Gasteiger partial charge in [0.05, 0.1) is 10.9 Å². The molecule has 3 heterocycles. The molecule has 0 bridgehead atoms. The molecule has 0 unspecified atom stereocenters. The number of hydrogen-bond acceptors (Lipinski definition) is 2. The standard InChI is InChI=1S/C8H6N4O.ClH/c13-8-5-3-10-7-4(1-2-9-7)6(5)11-12-8;/h1-3H,(H,9,10)(H2,11,12,13);1H. The van der Waals surface area contributed by atoms with Crippen LogP contribution in [0.2, 0.25) is 0 Å². The molecule has 0 aliphatic rings. The van der Waals surface area contributed by atoms with Crippen LogP contribution in [0.4, 0.5) is 0 Å². The minimum absolute atomic E-state index is 0. The van der Waals surface area contributed by atoms with Crippen molar-refractivity contribution in [3.05, 3.63) is 28.8 Å². The van der Waals surface area contributed by atoms with Crippen LogP contribution in [0.25, 0.3) is 21.9 Å². The number of aromatic nitrogens is 4. The highest BCUT2D eigenvalue weighted by Gasteiger charge is 2.05. The molecule has 0 saturated carbocycles. The van der Waals surface area contributed by atoms with Crippen molar-refractivity contribution >= 4 is 34.3 Å². The fourth-order valence-electron chi connectivity index (χ4n) is 1.50.